The van der Waals surface area contributed by atoms with Crippen LogP contribution in [-0.4, -0.2) is 19.1 Å². The molecule has 10 aromatic rings. The van der Waals surface area contributed by atoms with E-state index in [-0.39, 0.29) is 0 Å². The molecule has 0 bridgehead atoms. The summed E-state index contributed by atoms with van der Waals surface area (Å²) in [5, 5.41) is 5.94. The standard InChI is InChI=1S/C51H36N4.C6H8.C4H8/c1-3-14-46-43(4-2)48(39-26-25-37-31-36(23-24-38(37)32-39)34-15-7-5-8-16-34)53-51(52-46)40-17-13-20-42(33-40)55-47-22-12-11-21-44(47)45-28-27-35-29-30-54(49(35)50(45)55)41-18-9-6-10-19-41;1-3-5-6-4-2;1-3-4-2/h3-33H,2H2,1H3;3-6H,1-2H2;3-4H,1-2H3/b14-3-;6-5-;4-3-. The van der Waals surface area contributed by atoms with Crippen LogP contribution in [0.4, 0.5) is 0 Å². The Morgan fingerprint density at radius 1 is 0.477 bits per heavy atom. The van der Waals surface area contributed by atoms with Gasteiger partial charge in [0.15, 0.2) is 5.82 Å². The highest BCUT2D eigenvalue weighted by atomic mass is 15.0. The van der Waals surface area contributed by atoms with Crippen molar-refractivity contribution in [1.29, 1.82) is 0 Å². The van der Waals surface area contributed by atoms with E-state index in [9.17, 15) is 0 Å². The van der Waals surface area contributed by atoms with Crippen LogP contribution >= 0.6 is 0 Å². The Labute approximate surface area is 382 Å². The fourth-order valence-corrected chi connectivity index (χ4v) is 8.21. The largest absolute Gasteiger partial charge is 0.315 e. The lowest BCUT2D eigenvalue weighted by molar-refractivity contribution is 1.11. The third-order valence-corrected chi connectivity index (χ3v) is 11.3. The Balaban J connectivity index is 0.000000523. The van der Waals surface area contributed by atoms with Crippen LogP contribution in [0.5, 0.6) is 0 Å². The first kappa shape index (κ1) is 43.3. The average molecular weight is 841 g/mol. The fraction of sp³-hybridized carbons (Fsp3) is 0.0492. The first-order chi connectivity index (χ1) is 32.0. The molecule has 0 radical (unpaired) electrons. The number of fused-ring (bicyclic) bond motifs is 6. The van der Waals surface area contributed by atoms with Crippen molar-refractivity contribution >= 4 is 55.6 Å². The highest BCUT2D eigenvalue weighted by Gasteiger charge is 2.20. The topological polar surface area (TPSA) is 35.6 Å². The minimum atomic E-state index is 0.661. The average Bonchev–Trinajstić information content (AvgIpc) is 3.96. The molecule has 0 fully saturated rings. The number of aromatic nitrogens is 4. The molecular weight excluding hydrogens is 789 g/mol. The molecule has 0 saturated carbocycles. The first-order valence-corrected chi connectivity index (χ1v) is 22.0. The number of nitrogens with zero attached hydrogens (tertiary/aromatic N) is 4. The van der Waals surface area contributed by atoms with E-state index < -0.39 is 0 Å². The zero-order valence-corrected chi connectivity index (χ0v) is 37.3. The predicted octanol–water partition coefficient (Wildman–Crippen LogP) is 16.8. The van der Waals surface area contributed by atoms with Gasteiger partial charge in [0.25, 0.3) is 0 Å². The first-order valence-electron chi connectivity index (χ1n) is 22.0. The quantitative estimate of drug-likeness (QED) is 0.107. The fourth-order valence-electron chi connectivity index (χ4n) is 8.21. The smallest absolute Gasteiger partial charge is 0.160 e. The minimum Gasteiger partial charge on any atom is -0.315 e. The van der Waals surface area contributed by atoms with Gasteiger partial charge in [-0.05, 0) is 97.3 Å². The zero-order valence-electron chi connectivity index (χ0n) is 37.3. The Bertz CT molecular complexity index is 3380. The number of hydrogen-bond donors (Lipinski definition) is 0. The van der Waals surface area contributed by atoms with Gasteiger partial charge in [-0.1, -0.05) is 184 Å². The van der Waals surface area contributed by atoms with Crippen LogP contribution in [0, 0.1) is 0 Å². The van der Waals surface area contributed by atoms with Gasteiger partial charge in [0.1, 0.15) is 0 Å². The minimum absolute atomic E-state index is 0.661. The van der Waals surface area contributed by atoms with Gasteiger partial charge in [-0.3, -0.25) is 0 Å². The molecule has 7 aromatic carbocycles. The van der Waals surface area contributed by atoms with Crippen molar-refractivity contribution in [2.45, 2.75) is 20.8 Å². The molecular formula is C61H52N4. The van der Waals surface area contributed by atoms with Crippen LogP contribution in [0.1, 0.15) is 32.0 Å². The summed E-state index contributed by atoms with van der Waals surface area (Å²) in [4.78, 5) is 10.5. The van der Waals surface area contributed by atoms with E-state index in [1.165, 1.54) is 38.2 Å². The van der Waals surface area contributed by atoms with Gasteiger partial charge in [0, 0.05) is 50.4 Å². The van der Waals surface area contributed by atoms with E-state index in [1.807, 2.05) is 63.3 Å². The number of allylic oxidation sites excluding steroid dienone is 7. The molecule has 0 saturated heterocycles. The Kier molecular flexibility index (Phi) is 13.5. The van der Waals surface area contributed by atoms with Crippen molar-refractivity contribution in [1.82, 2.24) is 19.1 Å². The van der Waals surface area contributed by atoms with Crippen LogP contribution in [0.2, 0.25) is 0 Å². The van der Waals surface area contributed by atoms with Gasteiger partial charge in [-0.25, -0.2) is 9.97 Å². The monoisotopic (exact) mass is 840 g/mol. The summed E-state index contributed by atoms with van der Waals surface area (Å²) >= 11 is 0. The third kappa shape index (κ3) is 8.97. The normalized spacial score (nSPS) is 11.3. The third-order valence-electron chi connectivity index (χ3n) is 11.3. The van der Waals surface area contributed by atoms with Crippen LogP contribution < -0.4 is 0 Å². The van der Waals surface area contributed by atoms with Crippen molar-refractivity contribution in [3.8, 4) is 45.1 Å². The Hall–Kier alpha value is -8.34. The molecule has 0 atom stereocenters. The summed E-state index contributed by atoms with van der Waals surface area (Å²) in [6, 6.07) is 58.3. The molecule has 0 aliphatic rings. The maximum absolute atomic E-state index is 5.31. The van der Waals surface area contributed by atoms with Crippen molar-refractivity contribution in [2.75, 3.05) is 0 Å². The predicted molar refractivity (Wildman–Crippen MR) is 282 cm³/mol. The molecule has 0 N–H and O–H groups in total. The molecule has 0 amide bonds. The van der Waals surface area contributed by atoms with Crippen molar-refractivity contribution in [2.24, 2.45) is 0 Å². The summed E-state index contributed by atoms with van der Waals surface area (Å²) in [6.07, 6.45) is 19.2. The molecule has 3 heterocycles. The second kappa shape index (κ2) is 20.2. The SMILES string of the molecule is C/C=C\C.C=C/C=C\C=C.C=Cc1c(/C=C\C)nc(-c2cccc(-n3c4ccccc4c4ccc5ccn(-c6ccccc6)c5c43)c2)nc1-c1ccc2cc(-c3ccccc3)ccc2c1. The van der Waals surface area contributed by atoms with Gasteiger partial charge in [0.05, 0.1) is 27.9 Å². The van der Waals surface area contributed by atoms with Gasteiger partial charge in [-0.15, -0.1) is 0 Å². The van der Waals surface area contributed by atoms with Crippen molar-refractivity contribution in [3.05, 3.63) is 244 Å². The van der Waals surface area contributed by atoms with Crippen LogP contribution in [0.15, 0.2) is 232 Å². The lowest BCUT2D eigenvalue weighted by Gasteiger charge is -2.15. The molecule has 316 valence electrons. The Morgan fingerprint density at radius 2 is 1.11 bits per heavy atom. The van der Waals surface area contributed by atoms with Gasteiger partial charge in [-0.2, -0.15) is 0 Å². The summed E-state index contributed by atoms with van der Waals surface area (Å²) in [5.74, 6) is 0.661. The molecule has 0 spiro atoms. The maximum Gasteiger partial charge on any atom is 0.160 e. The number of rotatable bonds is 9. The van der Waals surface area contributed by atoms with E-state index in [1.54, 1.807) is 12.2 Å². The number of hydrogen-bond acceptors (Lipinski definition) is 2. The number of benzene rings is 7. The summed E-state index contributed by atoms with van der Waals surface area (Å²) in [6.45, 7) is 17.2. The maximum atomic E-state index is 5.31. The summed E-state index contributed by atoms with van der Waals surface area (Å²) < 4.78 is 4.70. The molecule has 4 nitrogen and oxygen atoms in total. The van der Waals surface area contributed by atoms with Crippen LogP contribution in [-0.2, 0) is 0 Å². The van der Waals surface area contributed by atoms with E-state index in [0.717, 1.165) is 55.9 Å². The van der Waals surface area contributed by atoms with Crippen LogP contribution in [0.25, 0.3) is 101 Å². The molecule has 0 aliphatic heterocycles. The van der Waals surface area contributed by atoms with Crippen molar-refractivity contribution < 1.29 is 0 Å². The molecule has 0 aliphatic carbocycles. The molecule has 4 heteroatoms. The summed E-state index contributed by atoms with van der Waals surface area (Å²) in [5.41, 5.74) is 12.6. The highest BCUT2D eigenvalue weighted by Crippen LogP contribution is 2.39. The Morgan fingerprint density at radius 3 is 1.80 bits per heavy atom. The van der Waals surface area contributed by atoms with Gasteiger partial charge >= 0.3 is 0 Å². The molecule has 0 unspecified atom stereocenters. The lowest BCUT2D eigenvalue weighted by atomic mass is 9.97. The number of para-hydroxylation sites is 2. The van der Waals surface area contributed by atoms with Crippen molar-refractivity contribution in [3.63, 3.8) is 0 Å². The van der Waals surface area contributed by atoms with E-state index in [2.05, 4.69) is 199 Å². The second-order valence-corrected chi connectivity index (χ2v) is 15.4. The second-order valence-electron chi connectivity index (χ2n) is 15.4. The zero-order chi connectivity index (χ0) is 45.1. The molecule has 3 aromatic heterocycles. The van der Waals surface area contributed by atoms with Crippen LogP contribution in [0.3, 0.4) is 0 Å². The molecule has 10 rings (SSSR count). The molecule has 65 heavy (non-hydrogen) atoms. The summed E-state index contributed by atoms with van der Waals surface area (Å²) in [7, 11) is 0. The van der Waals surface area contributed by atoms with E-state index >= 15 is 0 Å². The van der Waals surface area contributed by atoms with Gasteiger partial charge < -0.3 is 9.13 Å². The highest BCUT2D eigenvalue weighted by molar-refractivity contribution is 6.18. The van der Waals surface area contributed by atoms with E-state index in [0.29, 0.717) is 5.82 Å². The van der Waals surface area contributed by atoms with E-state index in [4.69, 9.17) is 9.97 Å². The van der Waals surface area contributed by atoms with Gasteiger partial charge in [0.2, 0.25) is 0 Å². The lowest BCUT2D eigenvalue weighted by Crippen LogP contribution is -2.01.